The summed E-state index contributed by atoms with van der Waals surface area (Å²) >= 11 is -1.54. The van der Waals surface area contributed by atoms with E-state index in [1.165, 1.54) is 11.1 Å². The van der Waals surface area contributed by atoms with Crippen molar-refractivity contribution in [3.8, 4) is 27.3 Å². The number of amides is 2. The number of aryl methyl sites for hydroxylation is 2. The molecule has 21 heteroatoms. The van der Waals surface area contributed by atoms with Gasteiger partial charge in [-0.2, -0.15) is 0 Å². The van der Waals surface area contributed by atoms with Gasteiger partial charge in [-0.25, -0.2) is 32.6 Å². The van der Waals surface area contributed by atoms with Gasteiger partial charge in [-0.1, -0.05) is 41.6 Å². The van der Waals surface area contributed by atoms with Crippen LogP contribution in [0.1, 0.15) is 89.6 Å². The lowest BCUT2D eigenvalue weighted by Crippen LogP contribution is -2.48. The van der Waals surface area contributed by atoms with E-state index in [2.05, 4.69) is 25.4 Å². The third-order valence-corrected chi connectivity index (χ3v) is 14.7. The predicted octanol–water partition coefficient (Wildman–Crippen LogP) is 8.20. The fourth-order valence-corrected chi connectivity index (χ4v) is 10.7. The molecule has 2 aliphatic heterocycles. The molecule has 1 unspecified atom stereocenters. The van der Waals surface area contributed by atoms with Crippen LogP contribution in [-0.2, 0) is 20.9 Å². The van der Waals surface area contributed by atoms with Gasteiger partial charge in [0.25, 0.3) is 0 Å². The number of nitrogens with zero attached hydrogens (tertiary/aromatic N) is 6. The van der Waals surface area contributed by atoms with Gasteiger partial charge in [-0.05, 0) is 93.5 Å². The first kappa shape index (κ1) is 50.2. The Bertz CT molecular complexity index is 3130. The van der Waals surface area contributed by atoms with Crippen LogP contribution in [0.4, 0.5) is 18.9 Å². The van der Waals surface area contributed by atoms with Crippen LogP contribution < -0.4 is 14.5 Å². The summed E-state index contributed by atoms with van der Waals surface area (Å²) in [4.78, 5) is 56.1. The number of fused-ring (bicyclic) bond motifs is 1. The number of aliphatic hydroxyl groups is 1. The summed E-state index contributed by atoms with van der Waals surface area (Å²) in [7, 11) is 0. The molecule has 4 aromatic heterocycles. The molecule has 376 valence electrons. The molecule has 16 nitrogen and oxygen atoms in total. The highest BCUT2D eigenvalue weighted by molar-refractivity contribution is 7.80. The number of rotatable bonds is 18. The molecule has 2 aliphatic rings. The van der Waals surface area contributed by atoms with Crippen molar-refractivity contribution in [2.45, 2.75) is 83.2 Å². The number of unbranched alkanes of at least 4 members (excludes halogenated alkanes) is 1. The summed E-state index contributed by atoms with van der Waals surface area (Å²) in [6.45, 7) is 5.55. The average molecular weight is 1020 g/mol. The molecule has 2 fully saturated rings. The number of aliphatic hydroxyl groups excluding tert-OH is 1. The number of carbonyl (C=O) groups is 3. The summed E-state index contributed by atoms with van der Waals surface area (Å²) < 4.78 is 81.8. The second-order valence-electron chi connectivity index (χ2n) is 18.0. The van der Waals surface area contributed by atoms with Gasteiger partial charge in [0, 0.05) is 54.5 Å². The van der Waals surface area contributed by atoms with Crippen LogP contribution in [0.25, 0.3) is 32.6 Å². The van der Waals surface area contributed by atoms with E-state index >= 15 is 8.78 Å². The van der Waals surface area contributed by atoms with E-state index < -0.39 is 64.2 Å². The molecule has 0 saturated carbocycles. The molecular formula is C51H50F3N8O8S2-. The molecular weight excluding hydrogens is 974 g/mol. The van der Waals surface area contributed by atoms with E-state index in [1.807, 2.05) is 38.1 Å². The number of hydrazine groups is 1. The lowest BCUT2D eigenvalue weighted by atomic mass is 9.96. The van der Waals surface area contributed by atoms with Crippen molar-refractivity contribution in [2.75, 3.05) is 30.7 Å². The van der Waals surface area contributed by atoms with Gasteiger partial charge in [0.1, 0.15) is 40.9 Å². The van der Waals surface area contributed by atoms with Gasteiger partial charge in [0.2, 0.25) is 17.6 Å². The van der Waals surface area contributed by atoms with Crippen molar-refractivity contribution in [1.82, 2.24) is 35.3 Å². The van der Waals surface area contributed by atoms with Crippen molar-refractivity contribution >= 4 is 56.9 Å². The van der Waals surface area contributed by atoms with Gasteiger partial charge < -0.3 is 34.1 Å². The number of hydrogen-bond acceptors (Lipinski definition) is 13. The van der Waals surface area contributed by atoms with Crippen LogP contribution in [-0.4, -0.2) is 106 Å². The number of nitrogens with one attached hydrogen (secondary N) is 2. The van der Waals surface area contributed by atoms with E-state index in [9.17, 15) is 32.6 Å². The van der Waals surface area contributed by atoms with Crippen molar-refractivity contribution < 1.29 is 50.7 Å². The first-order chi connectivity index (χ1) is 34.6. The summed E-state index contributed by atoms with van der Waals surface area (Å²) in [6, 6.07) is 18.8. The Hall–Kier alpha value is -6.78. The third kappa shape index (κ3) is 10.6. The van der Waals surface area contributed by atoms with E-state index in [0.29, 0.717) is 58.6 Å². The highest BCUT2D eigenvalue weighted by Crippen LogP contribution is 2.35. The highest BCUT2D eigenvalue weighted by atomic mass is 32.2. The number of β-amino-alcohol motifs (C(OH)–C–C–N with tert-alkyl or cyclic N) is 1. The predicted molar refractivity (Wildman–Crippen MR) is 262 cm³/mol. The number of alkyl halides is 1. The zero-order valence-corrected chi connectivity index (χ0v) is 41.0. The monoisotopic (exact) mass is 1020 g/mol. The van der Waals surface area contributed by atoms with Crippen molar-refractivity contribution in [2.24, 2.45) is 0 Å². The van der Waals surface area contributed by atoms with Crippen LogP contribution in [0.3, 0.4) is 0 Å². The quantitative estimate of drug-likeness (QED) is 0.0422. The number of anilines is 1. The van der Waals surface area contributed by atoms with Crippen molar-refractivity contribution in [3.63, 3.8) is 0 Å². The van der Waals surface area contributed by atoms with E-state index in [4.69, 9.17) is 9.26 Å². The first-order valence-corrected chi connectivity index (χ1v) is 25.3. The maximum absolute atomic E-state index is 16.0. The van der Waals surface area contributed by atoms with E-state index in [1.54, 1.807) is 66.4 Å². The fourth-order valence-electron chi connectivity index (χ4n) is 9.29. The van der Waals surface area contributed by atoms with Crippen molar-refractivity contribution in [1.29, 1.82) is 0 Å². The van der Waals surface area contributed by atoms with E-state index in [-0.39, 0.29) is 66.9 Å². The maximum Gasteiger partial charge on any atom is 0.243 e. The highest BCUT2D eigenvalue weighted by Gasteiger charge is 2.42. The molecule has 3 aromatic carbocycles. The van der Waals surface area contributed by atoms with Crippen LogP contribution in [0.15, 0.2) is 95.2 Å². The number of halogens is 3. The number of benzene rings is 3. The van der Waals surface area contributed by atoms with Crippen LogP contribution in [0.5, 0.6) is 5.75 Å². The van der Waals surface area contributed by atoms with Crippen molar-refractivity contribution in [3.05, 3.63) is 136 Å². The van der Waals surface area contributed by atoms with Gasteiger partial charge in [0.05, 0.1) is 69.8 Å². The molecule has 6 heterocycles. The summed E-state index contributed by atoms with van der Waals surface area (Å²) in [6.07, 6.45) is 2.20. The van der Waals surface area contributed by atoms with E-state index in [0.717, 1.165) is 38.8 Å². The van der Waals surface area contributed by atoms with Gasteiger partial charge in [-0.3, -0.25) is 18.6 Å². The Morgan fingerprint density at radius 3 is 2.47 bits per heavy atom. The molecule has 0 spiro atoms. The van der Waals surface area contributed by atoms with Gasteiger partial charge in [0.15, 0.2) is 5.82 Å². The Labute approximate surface area is 418 Å². The first-order valence-electron chi connectivity index (χ1n) is 23.4. The lowest BCUT2D eigenvalue weighted by molar-refractivity contribution is -0.140. The number of ether oxygens (including phenoxy) is 1. The minimum atomic E-state index is -3.10. The Balaban J connectivity index is 0.818. The molecule has 0 radical (unpaired) electrons. The summed E-state index contributed by atoms with van der Waals surface area (Å²) in [5.74, 6) is -4.22. The molecule has 0 aliphatic carbocycles. The van der Waals surface area contributed by atoms with Crippen LogP contribution in [0, 0.1) is 25.5 Å². The molecule has 2 saturated heterocycles. The third-order valence-electron chi connectivity index (χ3n) is 13.1. The van der Waals surface area contributed by atoms with Gasteiger partial charge >= 0.3 is 0 Å². The SMILES string of the molecule is Cc1cc([C@@H](CCCCOc2ccc(-c3cnc4[nH]cc(C(=O)c5c(F)ccc(N(N6CC[C@@H](F)C6)S(=O)[O-])c5F)c4c3)cc2)C(=O)N2C[C@H](O)C[C@H]2C(=O)N[C@@H](C)c2ccc(-c3scnc3C)cc2)on1. The second kappa shape index (κ2) is 21.5. The standard InChI is InChI=1S/C51H51F3N8O8S2/c1-28-20-44(70-59-28)38(51(66)61-26-36(63)22-43(61)50(65)58-29(2)31-7-9-33(10-8-31)48-30(3)57-27-71-48)6-4-5-19-69-37-13-11-32(12-14-37)34-21-39-40(24-56-49(39)55-23-34)47(64)45-41(53)15-16-42(46(45)54)62(72(67)68)60-18-17-35(52)25-60/h7-16,20-21,23-24,27,29,35-36,38,43,63H,4-6,17-19,22,25-26H2,1-3H3,(H,55,56)(H,58,65)(H,67,68)/p-1/t29-,35+,36+,38+,43-/m0/s1. The van der Waals surface area contributed by atoms with Crippen LogP contribution in [0.2, 0.25) is 0 Å². The largest absolute Gasteiger partial charge is 0.754 e. The minimum Gasteiger partial charge on any atom is -0.754 e. The number of aromatic nitrogens is 4. The Morgan fingerprint density at radius 2 is 1.79 bits per heavy atom. The molecule has 6 atom stereocenters. The Kier molecular flexibility index (Phi) is 15.0. The summed E-state index contributed by atoms with van der Waals surface area (Å²) in [5.41, 5.74) is 5.11. The average Bonchev–Trinajstić information content (AvgIpc) is 4.23. The number of pyridine rings is 1. The smallest absolute Gasteiger partial charge is 0.243 e. The van der Waals surface area contributed by atoms with Gasteiger partial charge in [-0.15, -0.1) is 11.3 Å². The number of hydrogen-bond donors (Lipinski definition) is 3. The molecule has 2 amide bonds. The number of H-pyrrole nitrogens is 1. The molecule has 0 bridgehead atoms. The molecule has 9 rings (SSSR count). The maximum atomic E-state index is 16.0. The molecule has 72 heavy (non-hydrogen) atoms. The second-order valence-corrected chi connectivity index (χ2v) is 19.6. The number of aromatic amines is 1. The van der Waals surface area contributed by atoms with Crippen LogP contribution >= 0.6 is 11.3 Å². The summed E-state index contributed by atoms with van der Waals surface area (Å²) in [5, 5.41) is 19.2. The number of ketones is 1. The molecule has 3 N–H and O–H groups in total. The zero-order valence-electron chi connectivity index (χ0n) is 39.3. The minimum absolute atomic E-state index is 0.00238. The Morgan fingerprint density at radius 1 is 1.03 bits per heavy atom. The normalized spacial score (nSPS) is 18.3. The number of carbonyl (C=O) groups excluding carboxylic acids is 3. The lowest BCUT2D eigenvalue weighted by Gasteiger charge is -2.34. The topological polar surface area (TPSA) is 210 Å². The fraction of sp³-hybridized carbons (Fsp3) is 0.333. The number of likely N-dealkylation sites (tertiary alicyclic amines) is 1. The zero-order chi connectivity index (χ0) is 50.8. The number of thiazole rings is 1. The molecule has 7 aromatic rings.